The average Bonchev–Trinajstić information content (AvgIpc) is 0.918. The molecule has 0 fully saturated rings. The molecule has 0 aliphatic rings. The van der Waals surface area contributed by atoms with Gasteiger partial charge >= 0.3 is 48.3 Å². The van der Waals surface area contributed by atoms with Gasteiger partial charge in [0.15, 0.2) is 0 Å². The van der Waals surface area contributed by atoms with E-state index in [-0.39, 0.29) is 25.9 Å². The monoisotopic (exact) mass is 156 g/mol. The van der Waals surface area contributed by atoms with Crippen LogP contribution in [-0.2, 0) is 25.3 Å². The molecule has 0 rings (SSSR count). The molecule has 2 nitrogen and oxygen atoms in total. The van der Waals surface area contributed by atoms with Crippen molar-refractivity contribution in [2.75, 3.05) is 0 Å². The van der Waals surface area contributed by atoms with Gasteiger partial charge in [-0.3, -0.25) is 0 Å². The molecule has 0 aromatic heterocycles. The van der Waals surface area contributed by atoms with Crippen LogP contribution in [0.3, 0.4) is 0 Å². The van der Waals surface area contributed by atoms with E-state index in [4.69, 9.17) is 6.80 Å². The van der Waals surface area contributed by atoms with Crippen LogP contribution in [0.25, 0.3) is 0 Å². The number of hydrogen-bond donors (Lipinski definition) is 0. The summed E-state index contributed by atoms with van der Waals surface area (Å²) in [6, 6.07) is 0. The van der Waals surface area contributed by atoms with E-state index >= 15 is 0 Å². The zero-order valence-corrected chi connectivity index (χ0v) is 5.35. The van der Waals surface area contributed by atoms with E-state index in [0.29, 0.717) is 0 Å². The fourth-order valence-corrected chi connectivity index (χ4v) is 0. The van der Waals surface area contributed by atoms with Crippen LogP contribution in [0.5, 0.6) is 0 Å². The average molecular weight is 154 g/mol. The van der Waals surface area contributed by atoms with Crippen LogP contribution in [-0.4, -0.2) is 23.1 Å². The fraction of sp³-hybridized carbons (Fsp3) is 0. The summed E-state index contributed by atoms with van der Waals surface area (Å²) < 4.78 is 17.0. The Morgan fingerprint density at radius 2 is 1.50 bits per heavy atom. The molecular formula is H2MgMoO2. The molecule has 0 heterocycles. The van der Waals surface area contributed by atoms with Crippen molar-refractivity contribution in [3.05, 3.63) is 0 Å². The van der Waals surface area contributed by atoms with Gasteiger partial charge in [-0.05, 0) is 0 Å². The normalized spacial score (nSPS) is 3.00. The third-order valence-corrected chi connectivity index (χ3v) is 0. The SMILES string of the molecule is [H-].[H-].[Mg+2].[O]=[Mo]=[O]. The Labute approximate surface area is 51.2 Å². The van der Waals surface area contributed by atoms with Crippen molar-refractivity contribution < 1.29 is 28.1 Å². The third-order valence-electron chi connectivity index (χ3n) is 0. The molecule has 4 heavy (non-hydrogen) atoms. The summed E-state index contributed by atoms with van der Waals surface area (Å²) in [5, 5.41) is 0. The van der Waals surface area contributed by atoms with E-state index in [1.807, 2.05) is 0 Å². The summed E-state index contributed by atoms with van der Waals surface area (Å²) in [4.78, 5) is 0. The maximum atomic E-state index is 8.50. The Bertz CT molecular complexity index is 32.5. The van der Waals surface area contributed by atoms with E-state index in [1.165, 1.54) is 0 Å². The van der Waals surface area contributed by atoms with Gasteiger partial charge in [-0.15, -0.1) is 0 Å². The van der Waals surface area contributed by atoms with E-state index in [0.717, 1.165) is 0 Å². The van der Waals surface area contributed by atoms with Crippen LogP contribution < -0.4 is 0 Å². The van der Waals surface area contributed by atoms with Crippen LogP contribution in [0.1, 0.15) is 2.85 Å². The van der Waals surface area contributed by atoms with Crippen LogP contribution in [0, 0.1) is 0 Å². The zero-order chi connectivity index (χ0) is 2.71. The van der Waals surface area contributed by atoms with Crippen molar-refractivity contribution in [2.45, 2.75) is 0 Å². The first-order valence-corrected chi connectivity index (χ1v) is 1.97. The molecule has 4 heteroatoms. The van der Waals surface area contributed by atoms with Gasteiger partial charge in [0, 0.05) is 0 Å². The van der Waals surface area contributed by atoms with Crippen LogP contribution in [0.2, 0.25) is 0 Å². The molecule has 22 valence electrons. The molecule has 0 spiro atoms. The summed E-state index contributed by atoms with van der Waals surface area (Å²) >= 11 is -2.03. The van der Waals surface area contributed by atoms with Gasteiger partial charge < -0.3 is 2.85 Å². The molecule has 0 aromatic carbocycles. The fourth-order valence-electron chi connectivity index (χ4n) is 0. The van der Waals surface area contributed by atoms with Gasteiger partial charge in [-0.25, -0.2) is 0 Å². The summed E-state index contributed by atoms with van der Waals surface area (Å²) in [6.07, 6.45) is 0. The van der Waals surface area contributed by atoms with Crippen LogP contribution in [0.4, 0.5) is 0 Å². The van der Waals surface area contributed by atoms with Gasteiger partial charge in [0.1, 0.15) is 0 Å². The topological polar surface area (TPSA) is 34.1 Å². The second kappa shape index (κ2) is 8.96. The van der Waals surface area contributed by atoms with Gasteiger partial charge in [0.05, 0.1) is 0 Å². The van der Waals surface area contributed by atoms with Gasteiger partial charge in [-0.2, -0.15) is 0 Å². The summed E-state index contributed by atoms with van der Waals surface area (Å²) in [7, 11) is 0. The first-order chi connectivity index (χ1) is 1.41. The van der Waals surface area contributed by atoms with E-state index in [1.54, 1.807) is 0 Å². The molecule has 0 radical (unpaired) electrons. The minimum absolute atomic E-state index is 0. The van der Waals surface area contributed by atoms with E-state index in [2.05, 4.69) is 0 Å². The first-order valence-electron chi connectivity index (χ1n) is 0.333. The molecular weight excluding hydrogens is 152 g/mol. The second-order valence-electron chi connectivity index (χ2n) is 0.0680. The Balaban J connectivity index is -0.00000000667. The molecule has 0 aromatic rings. The Kier molecular flexibility index (Phi) is 20.0. The van der Waals surface area contributed by atoms with Crippen molar-refractivity contribution in [1.82, 2.24) is 0 Å². The Morgan fingerprint density at radius 3 is 1.50 bits per heavy atom. The molecule has 0 unspecified atom stereocenters. The van der Waals surface area contributed by atoms with Crippen molar-refractivity contribution in [2.24, 2.45) is 0 Å². The molecule has 0 bridgehead atoms. The quantitative estimate of drug-likeness (QED) is 0.445. The second-order valence-corrected chi connectivity index (χ2v) is 0.403. The molecule has 0 saturated carbocycles. The van der Waals surface area contributed by atoms with E-state index < -0.39 is 18.5 Å². The molecule has 0 aliphatic heterocycles. The molecule has 0 saturated heterocycles. The van der Waals surface area contributed by atoms with Crippen molar-refractivity contribution in [3.63, 3.8) is 0 Å². The Hall–Kier alpha value is 1.05. The molecule has 0 amide bonds. The van der Waals surface area contributed by atoms with Crippen LogP contribution in [0.15, 0.2) is 0 Å². The van der Waals surface area contributed by atoms with E-state index in [9.17, 15) is 0 Å². The molecule has 0 N–H and O–H groups in total. The van der Waals surface area contributed by atoms with Crippen molar-refractivity contribution in [3.8, 4) is 0 Å². The Morgan fingerprint density at radius 1 is 1.50 bits per heavy atom. The van der Waals surface area contributed by atoms with Gasteiger partial charge in [0.25, 0.3) is 0 Å². The molecule has 0 atom stereocenters. The predicted octanol–water partition coefficient (Wildman–Crippen LogP) is -0.396. The maximum absolute atomic E-state index is 8.50. The van der Waals surface area contributed by atoms with Crippen LogP contribution >= 0.6 is 0 Å². The van der Waals surface area contributed by atoms with Gasteiger partial charge in [-0.1, -0.05) is 0 Å². The standard InChI is InChI=1S/Mg.Mo.2O.2H/q+2;;;;2*-1. The summed E-state index contributed by atoms with van der Waals surface area (Å²) in [5.41, 5.74) is 0. The molecule has 0 aliphatic carbocycles. The first kappa shape index (κ1) is 8.91. The van der Waals surface area contributed by atoms with Gasteiger partial charge in [0.2, 0.25) is 0 Å². The zero-order valence-electron chi connectivity index (χ0n) is 3.93. The minimum atomic E-state index is -2.03. The predicted molar refractivity (Wildman–Crippen MR) is 9.35 cm³/mol. The summed E-state index contributed by atoms with van der Waals surface area (Å²) in [5.74, 6) is 0. The third kappa shape index (κ3) is 11.6. The summed E-state index contributed by atoms with van der Waals surface area (Å²) in [6.45, 7) is 0. The number of hydrogen-bond acceptors (Lipinski definition) is 2. The number of rotatable bonds is 0. The van der Waals surface area contributed by atoms with Crippen molar-refractivity contribution >= 4 is 23.1 Å². The van der Waals surface area contributed by atoms with Crippen molar-refractivity contribution in [1.29, 1.82) is 0 Å².